The average Bonchev–Trinajstić information content (AvgIpc) is 3.02. The zero-order valence-electron chi connectivity index (χ0n) is 17.3. The number of unbranched alkanes of at least 4 members (excludes halogenated alkanes) is 1. The fourth-order valence-electron chi connectivity index (χ4n) is 3.15. The Labute approximate surface area is 177 Å². The van der Waals surface area contributed by atoms with Crippen LogP contribution < -0.4 is 16.4 Å². The number of carbonyl (C=O) groups excluding carboxylic acids is 1. The van der Waals surface area contributed by atoms with Crippen molar-refractivity contribution in [2.24, 2.45) is 12.2 Å². The Morgan fingerprint density at radius 1 is 1.29 bits per heavy atom. The Kier molecular flexibility index (Phi) is 6.13. The molecule has 2 heterocycles. The second-order valence-electron chi connectivity index (χ2n) is 7.12. The Morgan fingerprint density at radius 2 is 2.00 bits per heavy atom. The number of hydrogen-bond donors (Lipinski definition) is 2. The molecule has 0 saturated carbocycles. The van der Waals surface area contributed by atoms with E-state index in [-0.39, 0.29) is 34.1 Å². The molecule has 0 bridgehead atoms. The van der Waals surface area contributed by atoms with Gasteiger partial charge in [0.15, 0.2) is 11.2 Å². The Morgan fingerprint density at radius 3 is 2.65 bits per heavy atom. The van der Waals surface area contributed by atoms with Gasteiger partial charge in [-0.15, -0.1) is 0 Å². The predicted octanol–water partition coefficient (Wildman–Crippen LogP) is 0.536. The molecule has 31 heavy (non-hydrogen) atoms. The zero-order valence-corrected chi connectivity index (χ0v) is 18.2. The van der Waals surface area contributed by atoms with E-state index in [0.29, 0.717) is 12.1 Å². The van der Waals surface area contributed by atoms with Gasteiger partial charge < -0.3 is 9.30 Å². The molecule has 3 aromatic rings. The number of rotatable bonds is 7. The standard InChI is InChI=1S/C19H23N5O6S/c1-4-5-8-24-16-15(17(25)22-19(24)27)23(3)14(21-16)10-30-18(26)13-9-12(31(20,28)29)7-6-11(13)2/h6-7,9H,4-5,8,10H2,1-3H3,(H2,20,28,29)(H,22,25,27). The minimum Gasteiger partial charge on any atom is -0.454 e. The minimum absolute atomic E-state index is 0.0444. The number of nitrogens with two attached hydrogens (primary N) is 1. The first-order valence-corrected chi connectivity index (χ1v) is 11.1. The van der Waals surface area contributed by atoms with E-state index < -0.39 is 27.2 Å². The van der Waals surface area contributed by atoms with E-state index in [1.54, 1.807) is 14.0 Å². The van der Waals surface area contributed by atoms with Crippen molar-refractivity contribution in [3.05, 3.63) is 56.0 Å². The first-order chi connectivity index (χ1) is 14.5. The van der Waals surface area contributed by atoms with Crippen LogP contribution in [-0.4, -0.2) is 33.5 Å². The van der Waals surface area contributed by atoms with E-state index in [0.717, 1.165) is 18.9 Å². The number of carbonyl (C=O) groups is 1. The van der Waals surface area contributed by atoms with Gasteiger partial charge in [-0.3, -0.25) is 14.3 Å². The summed E-state index contributed by atoms with van der Waals surface area (Å²) in [7, 11) is -2.40. The van der Waals surface area contributed by atoms with Crippen LogP contribution in [0, 0.1) is 6.92 Å². The van der Waals surface area contributed by atoms with Crippen LogP contribution in [-0.2, 0) is 35.0 Å². The number of esters is 1. The molecule has 0 aliphatic carbocycles. The molecular formula is C19H23N5O6S. The monoisotopic (exact) mass is 449 g/mol. The summed E-state index contributed by atoms with van der Waals surface area (Å²) >= 11 is 0. The van der Waals surface area contributed by atoms with Gasteiger partial charge in [-0.1, -0.05) is 19.4 Å². The Hall–Kier alpha value is -3.25. The molecule has 0 atom stereocenters. The smallest absolute Gasteiger partial charge is 0.338 e. The molecule has 0 fully saturated rings. The van der Waals surface area contributed by atoms with Crippen molar-refractivity contribution >= 4 is 27.2 Å². The molecule has 0 spiro atoms. The lowest BCUT2D eigenvalue weighted by atomic mass is 10.1. The number of nitrogens with one attached hydrogen (secondary N) is 1. The summed E-state index contributed by atoms with van der Waals surface area (Å²) in [6, 6.07) is 3.90. The zero-order chi connectivity index (χ0) is 22.9. The highest BCUT2D eigenvalue weighted by molar-refractivity contribution is 7.89. The molecule has 12 heteroatoms. The van der Waals surface area contributed by atoms with Gasteiger partial charge in [0, 0.05) is 13.6 Å². The van der Waals surface area contributed by atoms with Crippen LogP contribution in [0.2, 0.25) is 0 Å². The van der Waals surface area contributed by atoms with E-state index in [1.165, 1.54) is 21.3 Å². The van der Waals surface area contributed by atoms with Crippen LogP contribution in [0.4, 0.5) is 0 Å². The third kappa shape index (κ3) is 4.44. The summed E-state index contributed by atoms with van der Waals surface area (Å²) in [4.78, 5) is 43.5. The fourth-order valence-corrected chi connectivity index (χ4v) is 3.69. The summed E-state index contributed by atoms with van der Waals surface area (Å²) < 4.78 is 31.3. The molecule has 3 rings (SSSR count). The minimum atomic E-state index is -3.98. The number of nitrogens with zero attached hydrogens (tertiary/aromatic N) is 3. The summed E-state index contributed by atoms with van der Waals surface area (Å²) in [6.07, 6.45) is 1.57. The van der Waals surface area contributed by atoms with Crippen molar-refractivity contribution in [2.75, 3.05) is 0 Å². The van der Waals surface area contributed by atoms with Crippen LogP contribution >= 0.6 is 0 Å². The lowest BCUT2D eigenvalue weighted by Gasteiger charge is -2.08. The van der Waals surface area contributed by atoms with Crippen molar-refractivity contribution in [2.45, 2.75) is 44.7 Å². The lowest BCUT2D eigenvalue weighted by molar-refractivity contribution is 0.0458. The summed E-state index contributed by atoms with van der Waals surface area (Å²) in [5.74, 6) is -0.516. The third-order valence-corrected chi connectivity index (χ3v) is 5.84. The van der Waals surface area contributed by atoms with Crippen molar-refractivity contribution in [3.8, 4) is 0 Å². The van der Waals surface area contributed by atoms with Gasteiger partial charge >= 0.3 is 11.7 Å². The first-order valence-electron chi connectivity index (χ1n) is 9.53. The fraction of sp³-hybridized carbons (Fsp3) is 0.368. The highest BCUT2D eigenvalue weighted by Crippen LogP contribution is 2.17. The van der Waals surface area contributed by atoms with Crippen molar-refractivity contribution in [1.82, 2.24) is 19.1 Å². The lowest BCUT2D eigenvalue weighted by Crippen LogP contribution is -2.31. The number of aromatic nitrogens is 4. The molecular weight excluding hydrogens is 426 g/mol. The maximum Gasteiger partial charge on any atom is 0.338 e. The summed E-state index contributed by atoms with van der Waals surface area (Å²) in [5.41, 5.74) is -0.187. The van der Waals surface area contributed by atoms with Crippen LogP contribution in [0.3, 0.4) is 0 Å². The molecule has 1 aromatic carbocycles. The summed E-state index contributed by atoms with van der Waals surface area (Å²) in [6.45, 7) is 3.71. The highest BCUT2D eigenvalue weighted by atomic mass is 32.2. The number of aryl methyl sites for hydroxylation is 3. The van der Waals surface area contributed by atoms with Gasteiger partial charge in [-0.25, -0.2) is 28.1 Å². The predicted molar refractivity (Wildman–Crippen MR) is 112 cm³/mol. The molecule has 0 saturated heterocycles. The SMILES string of the molecule is CCCCn1c(=O)[nH]c(=O)c2c1nc(COC(=O)c1cc(S(N)(=O)=O)ccc1C)n2C. The summed E-state index contributed by atoms with van der Waals surface area (Å²) in [5, 5.41) is 5.13. The number of imidazole rings is 1. The maximum atomic E-state index is 12.6. The number of benzene rings is 1. The van der Waals surface area contributed by atoms with Crippen LogP contribution in [0.15, 0.2) is 32.7 Å². The normalized spacial score (nSPS) is 11.7. The van der Waals surface area contributed by atoms with Crippen LogP contribution in [0.5, 0.6) is 0 Å². The quantitative estimate of drug-likeness (QED) is 0.498. The van der Waals surface area contributed by atoms with Crippen LogP contribution in [0.25, 0.3) is 11.2 Å². The van der Waals surface area contributed by atoms with E-state index in [2.05, 4.69) is 9.97 Å². The number of aromatic amines is 1. The number of H-pyrrole nitrogens is 1. The Balaban J connectivity index is 1.94. The maximum absolute atomic E-state index is 12.6. The van der Waals surface area contributed by atoms with Crippen molar-refractivity contribution in [3.63, 3.8) is 0 Å². The third-order valence-electron chi connectivity index (χ3n) is 4.93. The second kappa shape index (κ2) is 8.47. The van der Waals surface area contributed by atoms with E-state index in [1.807, 2.05) is 6.92 Å². The first kappa shape index (κ1) is 22.4. The van der Waals surface area contributed by atoms with Crippen LogP contribution in [0.1, 0.15) is 41.5 Å². The molecule has 166 valence electrons. The topological polar surface area (TPSA) is 159 Å². The largest absolute Gasteiger partial charge is 0.454 e. The molecule has 3 N–H and O–H groups in total. The molecule has 0 aliphatic heterocycles. The number of ether oxygens (including phenoxy) is 1. The van der Waals surface area contributed by atoms with Gasteiger partial charge in [0.1, 0.15) is 12.4 Å². The number of hydrogen-bond acceptors (Lipinski definition) is 7. The molecule has 0 amide bonds. The second-order valence-corrected chi connectivity index (χ2v) is 8.68. The van der Waals surface area contributed by atoms with Gasteiger partial charge in [0.05, 0.1) is 10.5 Å². The van der Waals surface area contributed by atoms with Crippen molar-refractivity contribution < 1.29 is 17.9 Å². The molecule has 2 aromatic heterocycles. The van der Waals surface area contributed by atoms with E-state index in [4.69, 9.17) is 9.88 Å². The number of sulfonamides is 1. The molecule has 0 radical (unpaired) electrons. The molecule has 0 unspecified atom stereocenters. The average molecular weight is 449 g/mol. The van der Waals surface area contributed by atoms with E-state index in [9.17, 15) is 22.8 Å². The Bertz CT molecular complexity index is 1380. The van der Waals surface area contributed by atoms with Gasteiger partial charge in [-0.05, 0) is 31.0 Å². The molecule has 11 nitrogen and oxygen atoms in total. The van der Waals surface area contributed by atoms with Gasteiger partial charge in [0.2, 0.25) is 10.0 Å². The van der Waals surface area contributed by atoms with E-state index >= 15 is 0 Å². The number of fused-ring (bicyclic) bond motifs is 1. The van der Waals surface area contributed by atoms with Gasteiger partial charge in [0.25, 0.3) is 5.56 Å². The van der Waals surface area contributed by atoms with Gasteiger partial charge in [-0.2, -0.15) is 0 Å². The molecule has 0 aliphatic rings. The van der Waals surface area contributed by atoms with Crippen molar-refractivity contribution in [1.29, 1.82) is 0 Å². The highest BCUT2D eigenvalue weighted by Gasteiger charge is 2.19. The number of primary sulfonamides is 1.